The summed E-state index contributed by atoms with van der Waals surface area (Å²) < 4.78 is 5.66. The van der Waals surface area contributed by atoms with Crippen LogP contribution in [0.25, 0.3) is 0 Å². The zero-order chi connectivity index (χ0) is 12.8. The normalized spacial score (nSPS) is 15.3. The molecule has 1 aromatic rings. The summed E-state index contributed by atoms with van der Waals surface area (Å²) in [7, 11) is 4.13. The van der Waals surface area contributed by atoms with Crippen molar-refractivity contribution in [3.8, 4) is 0 Å². The minimum atomic E-state index is 0.713. The number of likely N-dealkylation sites (N-methyl/N-ethyl adjacent to an activating group) is 1. The Labute approximate surface area is 110 Å². The molecule has 0 amide bonds. The molecule has 0 unspecified atom stereocenters. The van der Waals surface area contributed by atoms with Crippen molar-refractivity contribution in [3.63, 3.8) is 0 Å². The van der Waals surface area contributed by atoms with E-state index in [1.54, 1.807) is 0 Å². The van der Waals surface area contributed by atoms with E-state index in [0.29, 0.717) is 6.61 Å². The van der Waals surface area contributed by atoms with Gasteiger partial charge in [0, 0.05) is 19.1 Å². The van der Waals surface area contributed by atoms with E-state index in [2.05, 4.69) is 48.6 Å². The van der Waals surface area contributed by atoms with Crippen LogP contribution in [0.3, 0.4) is 0 Å². The molecule has 3 heteroatoms. The zero-order valence-corrected chi connectivity index (χ0v) is 11.5. The molecule has 100 valence electrons. The molecule has 18 heavy (non-hydrogen) atoms. The molecular formula is C15H24N2O. The minimum Gasteiger partial charge on any atom is -0.375 e. The third kappa shape index (κ3) is 5.17. The van der Waals surface area contributed by atoms with Gasteiger partial charge < -0.3 is 15.0 Å². The molecule has 0 bridgehead atoms. The van der Waals surface area contributed by atoms with Gasteiger partial charge in [-0.3, -0.25) is 0 Å². The van der Waals surface area contributed by atoms with Gasteiger partial charge in [-0.25, -0.2) is 0 Å². The summed E-state index contributed by atoms with van der Waals surface area (Å²) in [5.41, 5.74) is 2.62. The Morgan fingerprint density at radius 2 is 2.06 bits per heavy atom. The number of hydrogen-bond donors (Lipinski definition) is 1. The number of hydrogen-bond acceptors (Lipinski definition) is 3. The molecule has 0 aromatic heterocycles. The molecule has 1 N–H and O–H groups in total. The van der Waals surface area contributed by atoms with E-state index in [1.807, 2.05) is 0 Å². The first-order valence-electron chi connectivity index (χ1n) is 6.78. The molecule has 1 aliphatic rings. The van der Waals surface area contributed by atoms with E-state index in [9.17, 15) is 0 Å². The van der Waals surface area contributed by atoms with Gasteiger partial charge in [-0.1, -0.05) is 24.3 Å². The highest BCUT2D eigenvalue weighted by atomic mass is 16.5. The number of nitrogens with one attached hydrogen (secondary N) is 1. The van der Waals surface area contributed by atoms with Crippen molar-refractivity contribution in [2.75, 3.05) is 27.2 Å². The second-order valence-electron chi connectivity index (χ2n) is 5.33. The second-order valence-corrected chi connectivity index (χ2v) is 5.33. The Bertz CT molecular complexity index is 361. The number of benzene rings is 1. The Morgan fingerprint density at radius 1 is 1.28 bits per heavy atom. The number of rotatable bonds is 8. The average molecular weight is 248 g/mol. The monoisotopic (exact) mass is 248 g/mol. The highest BCUT2D eigenvalue weighted by molar-refractivity contribution is 5.23. The Kier molecular flexibility index (Phi) is 5.17. The predicted molar refractivity (Wildman–Crippen MR) is 74.5 cm³/mol. The maximum Gasteiger partial charge on any atom is 0.0717 e. The van der Waals surface area contributed by atoms with Crippen molar-refractivity contribution < 1.29 is 4.74 Å². The van der Waals surface area contributed by atoms with Crippen LogP contribution in [0.15, 0.2) is 24.3 Å². The van der Waals surface area contributed by atoms with Crippen LogP contribution in [0.1, 0.15) is 24.0 Å². The summed E-state index contributed by atoms with van der Waals surface area (Å²) >= 11 is 0. The molecule has 1 saturated carbocycles. The topological polar surface area (TPSA) is 24.5 Å². The average Bonchev–Trinajstić information content (AvgIpc) is 3.17. The molecule has 2 rings (SSSR count). The van der Waals surface area contributed by atoms with Gasteiger partial charge in [0.15, 0.2) is 0 Å². The van der Waals surface area contributed by atoms with Gasteiger partial charge >= 0.3 is 0 Å². The smallest absolute Gasteiger partial charge is 0.0717 e. The van der Waals surface area contributed by atoms with E-state index in [-0.39, 0.29) is 0 Å². The maximum atomic E-state index is 5.66. The summed E-state index contributed by atoms with van der Waals surface area (Å²) in [6.07, 6.45) is 2.68. The molecule has 0 atom stereocenters. The summed E-state index contributed by atoms with van der Waals surface area (Å²) in [5, 5.41) is 3.53. The molecule has 0 heterocycles. The fourth-order valence-corrected chi connectivity index (χ4v) is 1.82. The highest BCUT2D eigenvalue weighted by Gasteiger charge is 2.19. The van der Waals surface area contributed by atoms with Crippen molar-refractivity contribution in [1.29, 1.82) is 0 Å². The van der Waals surface area contributed by atoms with E-state index < -0.39 is 0 Å². The molecule has 0 radical (unpaired) electrons. The third-order valence-electron chi connectivity index (χ3n) is 3.12. The van der Waals surface area contributed by atoms with Crippen molar-refractivity contribution >= 4 is 0 Å². The highest BCUT2D eigenvalue weighted by Crippen LogP contribution is 2.19. The van der Waals surface area contributed by atoms with Gasteiger partial charge in [-0.05, 0) is 38.1 Å². The molecule has 1 aromatic carbocycles. The largest absolute Gasteiger partial charge is 0.375 e. The van der Waals surface area contributed by atoms with E-state index >= 15 is 0 Å². The van der Waals surface area contributed by atoms with Gasteiger partial charge in [0.1, 0.15) is 0 Å². The van der Waals surface area contributed by atoms with Crippen LogP contribution in [0.2, 0.25) is 0 Å². The molecule has 0 aliphatic heterocycles. The van der Waals surface area contributed by atoms with E-state index in [1.165, 1.54) is 24.0 Å². The Morgan fingerprint density at radius 3 is 2.78 bits per heavy atom. The number of ether oxygens (including phenoxy) is 1. The lowest BCUT2D eigenvalue weighted by Gasteiger charge is -2.10. The van der Waals surface area contributed by atoms with Crippen molar-refractivity contribution in [2.24, 2.45) is 0 Å². The number of nitrogens with zero attached hydrogens (tertiary/aromatic N) is 1. The third-order valence-corrected chi connectivity index (χ3v) is 3.12. The SMILES string of the molecule is CN(C)CCOCc1cccc(CNC2CC2)c1. The molecule has 3 nitrogen and oxygen atoms in total. The summed E-state index contributed by atoms with van der Waals surface area (Å²) in [6, 6.07) is 9.44. The van der Waals surface area contributed by atoms with Crippen LogP contribution >= 0.6 is 0 Å². The predicted octanol–water partition coefficient (Wildman–Crippen LogP) is 2.02. The van der Waals surface area contributed by atoms with Gasteiger partial charge in [0.05, 0.1) is 13.2 Å². The second kappa shape index (κ2) is 6.88. The van der Waals surface area contributed by atoms with Crippen LogP contribution in [0.5, 0.6) is 0 Å². The maximum absolute atomic E-state index is 5.66. The summed E-state index contributed by atoms with van der Waals surface area (Å²) in [5.74, 6) is 0. The first kappa shape index (κ1) is 13.5. The van der Waals surface area contributed by atoms with E-state index in [0.717, 1.165) is 25.7 Å². The molecular weight excluding hydrogens is 224 g/mol. The quantitative estimate of drug-likeness (QED) is 0.712. The lowest BCUT2D eigenvalue weighted by molar-refractivity contribution is 0.105. The fourth-order valence-electron chi connectivity index (χ4n) is 1.82. The standard InChI is InChI=1S/C15H24N2O/c1-17(2)8-9-18-12-14-5-3-4-13(10-14)11-16-15-6-7-15/h3-5,10,15-16H,6-9,11-12H2,1-2H3. The van der Waals surface area contributed by atoms with Crippen LogP contribution in [-0.4, -0.2) is 38.2 Å². The molecule has 0 saturated heterocycles. The van der Waals surface area contributed by atoms with Gasteiger partial charge in [0.25, 0.3) is 0 Å². The Hall–Kier alpha value is -0.900. The Balaban J connectivity index is 1.71. The molecule has 0 spiro atoms. The lowest BCUT2D eigenvalue weighted by atomic mass is 10.1. The summed E-state index contributed by atoms with van der Waals surface area (Å²) in [4.78, 5) is 2.13. The van der Waals surface area contributed by atoms with Crippen LogP contribution in [0.4, 0.5) is 0 Å². The van der Waals surface area contributed by atoms with Crippen LogP contribution in [0, 0.1) is 0 Å². The molecule has 1 fully saturated rings. The van der Waals surface area contributed by atoms with Crippen molar-refractivity contribution in [2.45, 2.75) is 32.0 Å². The van der Waals surface area contributed by atoms with Crippen LogP contribution in [-0.2, 0) is 17.9 Å². The summed E-state index contributed by atoms with van der Waals surface area (Å²) in [6.45, 7) is 3.46. The molecule has 1 aliphatic carbocycles. The van der Waals surface area contributed by atoms with Gasteiger partial charge in [-0.15, -0.1) is 0 Å². The zero-order valence-electron chi connectivity index (χ0n) is 11.5. The van der Waals surface area contributed by atoms with Gasteiger partial charge in [-0.2, -0.15) is 0 Å². The van der Waals surface area contributed by atoms with Crippen molar-refractivity contribution in [1.82, 2.24) is 10.2 Å². The lowest BCUT2D eigenvalue weighted by Crippen LogP contribution is -2.18. The fraction of sp³-hybridized carbons (Fsp3) is 0.600. The minimum absolute atomic E-state index is 0.713. The van der Waals surface area contributed by atoms with Crippen molar-refractivity contribution in [3.05, 3.63) is 35.4 Å². The first-order valence-corrected chi connectivity index (χ1v) is 6.78. The first-order chi connectivity index (χ1) is 8.74. The van der Waals surface area contributed by atoms with E-state index in [4.69, 9.17) is 4.74 Å². The van der Waals surface area contributed by atoms with Crippen LogP contribution < -0.4 is 5.32 Å². The van der Waals surface area contributed by atoms with Gasteiger partial charge in [0.2, 0.25) is 0 Å².